The maximum atomic E-state index is 13.3. The first-order chi connectivity index (χ1) is 17.4. The van der Waals surface area contributed by atoms with Crippen molar-refractivity contribution in [2.75, 3.05) is 13.2 Å². The molecule has 1 aliphatic heterocycles. The van der Waals surface area contributed by atoms with E-state index in [1.165, 1.54) is 54.6 Å². The average Bonchev–Trinajstić information content (AvgIpc) is 3.21. The number of nitrogens with zero attached hydrogens (tertiary/aromatic N) is 2. The van der Waals surface area contributed by atoms with E-state index in [4.69, 9.17) is 13.8 Å². The molecule has 0 N–H and O–H groups in total. The Bertz CT molecular complexity index is 1410. The third-order valence-electron chi connectivity index (χ3n) is 5.48. The fraction of sp³-hybridized carbons (Fsp3) is 0.240. The summed E-state index contributed by atoms with van der Waals surface area (Å²) in [6, 6.07) is 16.0. The van der Waals surface area contributed by atoms with Crippen LogP contribution in [-0.2, 0) is 23.9 Å². The van der Waals surface area contributed by atoms with Crippen LogP contribution in [0, 0.1) is 15.9 Å². The second-order valence-electron chi connectivity index (χ2n) is 8.68. The van der Waals surface area contributed by atoms with Crippen LogP contribution in [0.3, 0.4) is 0 Å². The van der Waals surface area contributed by atoms with Crippen LogP contribution in [0.2, 0.25) is 0 Å². The molecule has 0 aliphatic carbocycles. The Labute approximate surface area is 212 Å². The number of ether oxygens (including phenoxy) is 2. The summed E-state index contributed by atoms with van der Waals surface area (Å²) in [5.74, 6) is -2.21. The third kappa shape index (κ3) is 6.35. The minimum Gasteiger partial charge on any atom is -0.348 e. The zero-order chi connectivity index (χ0) is 26.8. The highest BCUT2D eigenvalue weighted by molar-refractivity contribution is 7.86. The molecule has 12 heteroatoms. The van der Waals surface area contributed by atoms with E-state index < -0.39 is 38.7 Å². The molecule has 1 fully saturated rings. The standard InChI is InChI=1S/C25H23FN2O8S/c1-25(2)34-16-22(35-25)15-27(24(29)18-8-12-21(13-9-18)28(30)31)36-37(32,33)23-5-3-4-19(14-23)17-6-10-20(26)11-7-17/h3-14,22H,15-16H2,1-2H3. The van der Waals surface area contributed by atoms with Gasteiger partial charge in [0, 0.05) is 17.7 Å². The molecule has 194 valence electrons. The van der Waals surface area contributed by atoms with Gasteiger partial charge in [0.15, 0.2) is 5.79 Å². The summed E-state index contributed by atoms with van der Waals surface area (Å²) < 4.78 is 56.2. The molecule has 0 spiro atoms. The zero-order valence-electron chi connectivity index (χ0n) is 19.9. The summed E-state index contributed by atoms with van der Waals surface area (Å²) in [5, 5.41) is 11.6. The van der Waals surface area contributed by atoms with Crippen LogP contribution >= 0.6 is 0 Å². The summed E-state index contributed by atoms with van der Waals surface area (Å²) in [6.07, 6.45) is -0.697. The molecular weight excluding hydrogens is 507 g/mol. The maximum absolute atomic E-state index is 13.3. The van der Waals surface area contributed by atoms with Gasteiger partial charge >= 0.3 is 10.1 Å². The topological polar surface area (TPSA) is 125 Å². The van der Waals surface area contributed by atoms with E-state index >= 15 is 0 Å². The van der Waals surface area contributed by atoms with E-state index in [9.17, 15) is 27.7 Å². The molecule has 3 aromatic rings. The third-order valence-corrected chi connectivity index (χ3v) is 6.68. The fourth-order valence-corrected chi connectivity index (χ4v) is 4.66. The largest absolute Gasteiger partial charge is 0.348 e. The molecule has 37 heavy (non-hydrogen) atoms. The van der Waals surface area contributed by atoms with Crippen LogP contribution in [0.1, 0.15) is 24.2 Å². The van der Waals surface area contributed by atoms with Crippen molar-refractivity contribution in [1.82, 2.24) is 5.06 Å². The van der Waals surface area contributed by atoms with Crippen molar-refractivity contribution in [3.05, 3.63) is 94.3 Å². The van der Waals surface area contributed by atoms with Gasteiger partial charge in [-0.05, 0) is 61.4 Å². The molecule has 0 radical (unpaired) electrons. The maximum Gasteiger partial charge on any atom is 0.317 e. The first-order valence-electron chi connectivity index (χ1n) is 11.1. The SMILES string of the molecule is CC1(C)OCC(CN(OS(=O)(=O)c2cccc(-c3ccc(F)cc3)c2)C(=O)c2ccc([N+](=O)[O-])cc2)O1. The van der Waals surface area contributed by atoms with Gasteiger partial charge in [0.2, 0.25) is 0 Å². The monoisotopic (exact) mass is 530 g/mol. The Morgan fingerprint density at radius 2 is 1.78 bits per heavy atom. The molecular formula is C25H23FN2O8S. The Kier molecular flexibility index (Phi) is 7.37. The number of rotatable bonds is 8. The second kappa shape index (κ2) is 10.3. The normalized spacial score (nSPS) is 16.9. The highest BCUT2D eigenvalue weighted by atomic mass is 32.2. The van der Waals surface area contributed by atoms with E-state index in [0.717, 1.165) is 12.1 Å². The molecule has 1 unspecified atom stereocenters. The number of benzene rings is 3. The number of amides is 1. The number of nitro benzene ring substituents is 1. The van der Waals surface area contributed by atoms with E-state index in [2.05, 4.69) is 0 Å². The van der Waals surface area contributed by atoms with Gasteiger partial charge in [0.1, 0.15) is 11.9 Å². The molecule has 3 aromatic carbocycles. The molecule has 1 amide bonds. The summed E-state index contributed by atoms with van der Waals surface area (Å²) in [5.41, 5.74) is 0.811. The average molecular weight is 531 g/mol. The highest BCUT2D eigenvalue weighted by Crippen LogP contribution is 2.27. The molecule has 0 bridgehead atoms. The number of nitro groups is 1. The quantitative estimate of drug-likeness (QED) is 0.312. The Morgan fingerprint density at radius 3 is 2.38 bits per heavy atom. The van der Waals surface area contributed by atoms with Gasteiger partial charge in [-0.1, -0.05) is 24.3 Å². The lowest BCUT2D eigenvalue weighted by atomic mass is 10.1. The minimum absolute atomic E-state index is 0.0287. The van der Waals surface area contributed by atoms with Crippen molar-refractivity contribution in [3.8, 4) is 11.1 Å². The molecule has 10 nitrogen and oxygen atoms in total. The minimum atomic E-state index is -4.52. The van der Waals surface area contributed by atoms with Crippen molar-refractivity contribution in [2.45, 2.75) is 30.6 Å². The molecule has 1 saturated heterocycles. The summed E-state index contributed by atoms with van der Waals surface area (Å²) in [6.45, 7) is 3.14. The Hall–Kier alpha value is -3.71. The van der Waals surface area contributed by atoms with Crippen molar-refractivity contribution in [1.29, 1.82) is 0 Å². The van der Waals surface area contributed by atoms with Crippen LogP contribution in [0.5, 0.6) is 0 Å². The zero-order valence-corrected chi connectivity index (χ0v) is 20.7. The van der Waals surface area contributed by atoms with Gasteiger partial charge in [0.05, 0.1) is 23.0 Å². The van der Waals surface area contributed by atoms with Crippen LogP contribution in [0.15, 0.2) is 77.7 Å². The van der Waals surface area contributed by atoms with Crippen LogP contribution < -0.4 is 0 Å². The molecule has 0 saturated carbocycles. The lowest BCUT2D eigenvalue weighted by Crippen LogP contribution is -2.40. The van der Waals surface area contributed by atoms with E-state index in [1.807, 2.05) is 0 Å². The number of halogens is 1. The number of hydroxylamine groups is 2. The molecule has 4 rings (SSSR count). The van der Waals surface area contributed by atoms with Gasteiger partial charge in [-0.15, -0.1) is 4.28 Å². The number of carbonyl (C=O) groups excluding carboxylic acids is 1. The smallest absolute Gasteiger partial charge is 0.317 e. The van der Waals surface area contributed by atoms with Gasteiger partial charge in [-0.25, -0.2) is 4.39 Å². The molecule has 1 heterocycles. The van der Waals surface area contributed by atoms with Crippen molar-refractivity contribution in [3.63, 3.8) is 0 Å². The molecule has 0 aromatic heterocycles. The lowest BCUT2D eigenvalue weighted by Gasteiger charge is -2.24. The summed E-state index contributed by atoms with van der Waals surface area (Å²) >= 11 is 0. The van der Waals surface area contributed by atoms with Gasteiger partial charge < -0.3 is 9.47 Å². The first-order valence-corrected chi connectivity index (χ1v) is 12.5. The highest BCUT2D eigenvalue weighted by Gasteiger charge is 2.36. The van der Waals surface area contributed by atoms with E-state index in [1.54, 1.807) is 19.9 Å². The predicted octanol–water partition coefficient (Wildman–Crippen LogP) is 4.32. The Balaban J connectivity index is 1.62. The van der Waals surface area contributed by atoms with E-state index in [-0.39, 0.29) is 29.3 Å². The number of carbonyl (C=O) groups is 1. The number of hydrogen-bond acceptors (Lipinski definition) is 8. The van der Waals surface area contributed by atoms with Crippen molar-refractivity contribution in [2.24, 2.45) is 0 Å². The van der Waals surface area contributed by atoms with Gasteiger partial charge in [-0.2, -0.15) is 13.5 Å². The van der Waals surface area contributed by atoms with Crippen molar-refractivity contribution < 1.29 is 36.3 Å². The first kappa shape index (κ1) is 26.4. The van der Waals surface area contributed by atoms with Crippen LogP contribution in [0.25, 0.3) is 11.1 Å². The number of hydrogen-bond donors (Lipinski definition) is 0. The predicted molar refractivity (Wildman–Crippen MR) is 129 cm³/mol. The summed E-state index contributed by atoms with van der Waals surface area (Å²) in [7, 11) is -4.52. The Morgan fingerprint density at radius 1 is 1.11 bits per heavy atom. The fourth-order valence-electron chi connectivity index (χ4n) is 3.69. The van der Waals surface area contributed by atoms with Crippen LogP contribution in [-0.4, -0.2) is 49.4 Å². The number of non-ortho nitro benzene ring substituents is 1. The van der Waals surface area contributed by atoms with Gasteiger partial charge in [0.25, 0.3) is 11.6 Å². The lowest BCUT2D eigenvalue weighted by molar-refractivity contribution is -0.384. The van der Waals surface area contributed by atoms with Crippen LogP contribution in [0.4, 0.5) is 10.1 Å². The van der Waals surface area contributed by atoms with Crippen molar-refractivity contribution >= 4 is 21.7 Å². The second-order valence-corrected chi connectivity index (χ2v) is 10.2. The molecule has 1 aliphatic rings. The molecule has 1 atom stereocenters. The van der Waals surface area contributed by atoms with Gasteiger partial charge in [-0.3, -0.25) is 14.9 Å². The summed E-state index contributed by atoms with van der Waals surface area (Å²) in [4.78, 5) is 23.3. The van der Waals surface area contributed by atoms with E-state index in [0.29, 0.717) is 16.2 Å².